The van der Waals surface area contributed by atoms with Crippen LogP contribution in [0.4, 0.5) is 0 Å². The molecule has 0 unspecified atom stereocenters. The number of rotatable bonds is 2. The molecule has 0 saturated heterocycles. The number of fused-ring (bicyclic) bond motifs is 3. The van der Waals surface area contributed by atoms with E-state index in [1.807, 2.05) is 0 Å². The van der Waals surface area contributed by atoms with Crippen LogP contribution in [-0.2, 0) is 4.79 Å². The fourth-order valence-electron chi connectivity index (χ4n) is 3.14. The minimum atomic E-state index is -0.564. The highest BCUT2D eigenvalue weighted by molar-refractivity contribution is 5.75. The van der Waals surface area contributed by atoms with Crippen molar-refractivity contribution < 1.29 is 9.90 Å². The normalized spacial score (nSPS) is 41.8. The molecule has 0 atom stereocenters. The zero-order valence-electron chi connectivity index (χ0n) is 8.75. The van der Waals surface area contributed by atoms with E-state index in [9.17, 15) is 9.90 Å². The van der Waals surface area contributed by atoms with Gasteiger partial charge in [0.15, 0.2) is 0 Å². The van der Waals surface area contributed by atoms with Crippen LogP contribution in [0.25, 0.3) is 0 Å². The lowest BCUT2D eigenvalue weighted by atomic mass is 9.54. The van der Waals surface area contributed by atoms with E-state index in [1.165, 1.54) is 0 Å². The van der Waals surface area contributed by atoms with Gasteiger partial charge in [-0.2, -0.15) is 0 Å². The Morgan fingerprint density at radius 2 is 1.64 bits per heavy atom. The molecule has 0 aliphatic heterocycles. The number of aliphatic carboxylic acids is 1. The number of allylic oxidation sites excluding steroid dienone is 2. The fourth-order valence-corrected chi connectivity index (χ4v) is 3.14. The number of carboxylic acid groups (broad SMARTS) is 1. The van der Waals surface area contributed by atoms with Gasteiger partial charge in [0, 0.05) is 0 Å². The van der Waals surface area contributed by atoms with Gasteiger partial charge in [-0.25, -0.2) is 0 Å². The van der Waals surface area contributed by atoms with Crippen molar-refractivity contribution in [3.05, 3.63) is 12.2 Å². The summed E-state index contributed by atoms with van der Waals surface area (Å²) in [7, 11) is 0. The van der Waals surface area contributed by atoms with E-state index in [4.69, 9.17) is 0 Å². The highest BCUT2D eigenvalue weighted by Crippen LogP contribution is 2.57. The van der Waals surface area contributed by atoms with Gasteiger partial charge in [-0.1, -0.05) is 12.2 Å². The molecule has 2 heteroatoms. The zero-order valence-corrected chi connectivity index (χ0v) is 8.75. The molecule has 0 heterocycles. The summed E-state index contributed by atoms with van der Waals surface area (Å²) in [5.74, 6) is -0.564. The summed E-state index contributed by atoms with van der Waals surface area (Å²) in [5, 5.41) is 9.21. The summed E-state index contributed by atoms with van der Waals surface area (Å²) in [6, 6.07) is 0. The molecule has 2 bridgehead atoms. The van der Waals surface area contributed by atoms with Crippen molar-refractivity contribution in [1.29, 1.82) is 0 Å². The summed E-state index contributed by atoms with van der Waals surface area (Å²) >= 11 is 0. The van der Waals surface area contributed by atoms with E-state index in [1.54, 1.807) is 0 Å². The lowest BCUT2D eigenvalue weighted by Crippen LogP contribution is -2.45. The second-order valence-corrected chi connectivity index (χ2v) is 4.95. The summed E-state index contributed by atoms with van der Waals surface area (Å²) in [4.78, 5) is 11.2. The van der Waals surface area contributed by atoms with Crippen LogP contribution in [0.2, 0.25) is 0 Å². The van der Waals surface area contributed by atoms with Gasteiger partial charge in [-0.3, -0.25) is 4.79 Å². The third kappa shape index (κ3) is 1.28. The van der Waals surface area contributed by atoms with Crippen molar-refractivity contribution in [1.82, 2.24) is 0 Å². The summed E-state index contributed by atoms with van der Waals surface area (Å²) in [5.41, 5.74) is -0.00468. The Bertz CT molecular complexity index is 254. The Balaban J connectivity index is 2.16. The molecule has 3 aliphatic rings. The van der Waals surface area contributed by atoms with Crippen molar-refractivity contribution in [3.8, 4) is 0 Å². The smallest absolute Gasteiger partial charge is 0.309 e. The quantitative estimate of drug-likeness (QED) is 0.686. The van der Waals surface area contributed by atoms with Gasteiger partial charge in [0.25, 0.3) is 0 Å². The van der Waals surface area contributed by atoms with Crippen LogP contribution in [-0.4, -0.2) is 11.1 Å². The molecule has 78 valence electrons. The highest BCUT2D eigenvalue weighted by Gasteiger charge is 2.51. The van der Waals surface area contributed by atoms with Crippen LogP contribution in [0.3, 0.4) is 0 Å². The maximum atomic E-state index is 11.2. The van der Waals surface area contributed by atoms with Gasteiger partial charge in [-0.15, -0.1) is 0 Å². The van der Waals surface area contributed by atoms with Gasteiger partial charge in [0.05, 0.1) is 5.41 Å². The lowest BCUT2D eigenvalue weighted by Gasteiger charge is -2.50. The van der Waals surface area contributed by atoms with E-state index in [0.29, 0.717) is 5.41 Å². The molecule has 0 aromatic rings. The van der Waals surface area contributed by atoms with Gasteiger partial charge in [0.2, 0.25) is 0 Å². The summed E-state index contributed by atoms with van der Waals surface area (Å²) < 4.78 is 0. The average molecular weight is 194 g/mol. The monoisotopic (exact) mass is 194 g/mol. The van der Waals surface area contributed by atoms with Gasteiger partial charge in [-0.05, 0) is 50.9 Å². The Hall–Kier alpha value is -0.790. The van der Waals surface area contributed by atoms with E-state index >= 15 is 0 Å². The molecular formula is C12H18O2. The molecule has 0 radical (unpaired) electrons. The lowest BCUT2D eigenvalue weighted by molar-refractivity contribution is -0.157. The van der Waals surface area contributed by atoms with Crippen LogP contribution in [0.1, 0.15) is 45.4 Å². The average Bonchev–Trinajstić information content (AvgIpc) is 2.20. The summed E-state index contributed by atoms with van der Waals surface area (Å²) in [6.45, 7) is 2.06. The van der Waals surface area contributed by atoms with E-state index in [0.717, 1.165) is 38.5 Å². The Morgan fingerprint density at radius 1 is 1.14 bits per heavy atom. The topological polar surface area (TPSA) is 37.3 Å². The molecule has 0 aromatic heterocycles. The Labute approximate surface area is 85.0 Å². The van der Waals surface area contributed by atoms with Crippen LogP contribution in [0.5, 0.6) is 0 Å². The molecule has 3 rings (SSSR count). The van der Waals surface area contributed by atoms with Crippen molar-refractivity contribution in [2.75, 3.05) is 0 Å². The third-order valence-corrected chi connectivity index (χ3v) is 4.28. The van der Waals surface area contributed by atoms with Crippen molar-refractivity contribution in [3.63, 3.8) is 0 Å². The highest BCUT2D eigenvalue weighted by atomic mass is 16.4. The Morgan fingerprint density at radius 3 is 2.00 bits per heavy atom. The molecule has 1 N–H and O–H groups in total. The van der Waals surface area contributed by atoms with Crippen molar-refractivity contribution in [2.24, 2.45) is 10.8 Å². The van der Waals surface area contributed by atoms with Crippen LogP contribution >= 0.6 is 0 Å². The first-order valence-corrected chi connectivity index (χ1v) is 5.50. The van der Waals surface area contributed by atoms with Crippen molar-refractivity contribution in [2.45, 2.75) is 45.4 Å². The molecule has 0 amide bonds. The van der Waals surface area contributed by atoms with Crippen LogP contribution < -0.4 is 0 Å². The standard InChI is InChI=1S/C12H18O2/c1-2-3-11-4-7-12(8-5-11,9-6-11)10(13)14/h2-3H,4-9H2,1H3,(H,13,14)/b3-2-. The van der Waals surface area contributed by atoms with E-state index in [2.05, 4.69) is 19.1 Å². The number of hydrogen-bond acceptors (Lipinski definition) is 1. The second-order valence-electron chi connectivity index (χ2n) is 4.95. The molecular weight excluding hydrogens is 176 g/mol. The van der Waals surface area contributed by atoms with E-state index in [-0.39, 0.29) is 5.41 Å². The van der Waals surface area contributed by atoms with Gasteiger partial charge < -0.3 is 5.11 Å². The van der Waals surface area contributed by atoms with E-state index < -0.39 is 5.97 Å². The maximum Gasteiger partial charge on any atom is 0.309 e. The molecule has 3 fully saturated rings. The summed E-state index contributed by atoms with van der Waals surface area (Å²) in [6.07, 6.45) is 10.3. The first kappa shape index (κ1) is 9.75. The molecule has 3 saturated carbocycles. The minimum absolute atomic E-state index is 0.353. The molecule has 0 spiro atoms. The van der Waals surface area contributed by atoms with Crippen LogP contribution in [0, 0.1) is 10.8 Å². The molecule has 3 aliphatic carbocycles. The largest absolute Gasteiger partial charge is 0.481 e. The second kappa shape index (κ2) is 3.11. The predicted octanol–water partition coefficient (Wildman–Crippen LogP) is 2.99. The third-order valence-electron chi connectivity index (χ3n) is 4.28. The molecule has 0 aromatic carbocycles. The van der Waals surface area contributed by atoms with Gasteiger partial charge in [0.1, 0.15) is 0 Å². The Kier molecular flexibility index (Phi) is 2.17. The first-order valence-electron chi connectivity index (χ1n) is 5.50. The van der Waals surface area contributed by atoms with Crippen LogP contribution in [0.15, 0.2) is 12.2 Å². The van der Waals surface area contributed by atoms with Crippen molar-refractivity contribution >= 4 is 5.97 Å². The predicted molar refractivity (Wildman–Crippen MR) is 55.0 cm³/mol. The number of hydrogen-bond donors (Lipinski definition) is 1. The number of carbonyl (C=O) groups is 1. The van der Waals surface area contributed by atoms with Gasteiger partial charge >= 0.3 is 5.97 Å². The SMILES string of the molecule is C/C=C\C12CCC(C(=O)O)(CC1)CC2. The molecule has 2 nitrogen and oxygen atoms in total. The zero-order chi connectivity index (χ0) is 10.2. The molecule has 14 heavy (non-hydrogen) atoms. The minimum Gasteiger partial charge on any atom is -0.481 e. The fraction of sp³-hybridized carbons (Fsp3) is 0.750. The maximum absolute atomic E-state index is 11.2. The number of carboxylic acids is 1. The first-order chi connectivity index (χ1) is 6.63.